The molecule has 0 saturated carbocycles. The SMILES string of the molecule is CCC(Nc1ccccc1CN(C)C)c1ccccc1. The average molecular weight is 268 g/mol. The van der Waals surface area contributed by atoms with Crippen LogP contribution in [0.15, 0.2) is 54.6 Å². The molecule has 0 amide bonds. The van der Waals surface area contributed by atoms with Crippen molar-refractivity contribution in [1.82, 2.24) is 4.90 Å². The highest BCUT2D eigenvalue weighted by Crippen LogP contribution is 2.25. The molecule has 0 aliphatic carbocycles. The summed E-state index contributed by atoms with van der Waals surface area (Å²) < 4.78 is 0. The van der Waals surface area contributed by atoms with E-state index in [1.807, 2.05) is 0 Å². The van der Waals surface area contributed by atoms with Gasteiger partial charge in [0.25, 0.3) is 0 Å². The molecule has 0 aliphatic heterocycles. The van der Waals surface area contributed by atoms with Gasteiger partial charge in [-0.1, -0.05) is 55.5 Å². The Morgan fingerprint density at radius 1 is 0.950 bits per heavy atom. The summed E-state index contributed by atoms with van der Waals surface area (Å²) in [5.41, 5.74) is 3.92. The third-order valence-corrected chi connectivity index (χ3v) is 3.44. The summed E-state index contributed by atoms with van der Waals surface area (Å²) in [5.74, 6) is 0. The summed E-state index contributed by atoms with van der Waals surface area (Å²) in [6, 6.07) is 19.6. The zero-order chi connectivity index (χ0) is 14.4. The average Bonchev–Trinajstić information content (AvgIpc) is 2.46. The molecular formula is C18H24N2. The second-order valence-electron chi connectivity index (χ2n) is 5.41. The summed E-state index contributed by atoms with van der Waals surface area (Å²) in [6.45, 7) is 3.17. The van der Waals surface area contributed by atoms with Gasteiger partial charge in [0.1, 0.15) is 0 Å². The van der Waals surface area contributed by atoms with Crippen LogP contribution in [0.5, 0.6) is 0 Å². The van der Waals surface area contributed by atoms with E-state index >= 15 is 0 Å². The molecule has 0 aliphatic rings. The highest BCUT2D eigenvalue weighted by Gasteiger charge is 2.11. The van der Waals surface area contributed by atoms with E-state index in [0.29, 0.717) is 6.04 Å². The van der Waals surface area contributed by atoms with E-state index in [1.54, 1.807) is 0 Å². The molecule has 0 bridgehead atoms. The van der Waals surface area contributed by atoms with Crippen molar-refractivity contribution in [3.63, 3.8) is 0 Å². The molecule has 2 heteroatoms. The molecule has 1 unspecified atom stereocenters. The van der Waals surface area contributed by atoms with Gasteiger partial charge in [-0.25, -0.2) is 0 Å². The Morgan fingerprint density at radius 2 is 1.60 bits per heavy atom. The molecule has 2 rings (SSSR count). The molecule has 1 atom stereocenters. The molecule has 0 aromatic heterocycles. The zero-order valence-electron chi connectivity index (χ0n) is 12.6. The molecule has 0 spiro atoms. The number of nitrogens with one attached hydrogen (secondary N) is 1. The van der Waals surface area contributed by atoms with Crippen LogP contribution in [-0.2, 0) is 6.54 Å². The van der Waals surface area contributed by atoms with Gasteiger partial charge < -0.3 is 10.2 Å². The van der Waals surface area contributed by atoms with Crippen LogP contribution >= 0.6 is 0 Å². The van der Waals surface area contributed by atoms with Gasteiger partial charge in [-0.3, -0.25) is 0 Å². The number of rotatable bonds is 6. The Bertz CT molecular complexity index is 520. The minimum Gasteiger partial charge on any atom is -0.378 e. The minimum atomic E-state index is 0.361. The Labute approximate surface area is 122 Å². The van der Waals surface area contributed by atoms with E-state index in [-0.39, 0.29) is 0 Å². The van der Waals surface area contributed by atoms with Gasteiger partial charge in [0.2, 0.25) is 0 Å². The van der Waals surface area contributed by atoms with Gasteiger partial charge in [-0.15, -0.1) is 0 Å². The van der Waals surface area contributed by atoms with Crippen molar-refractivity contribution in [2.24, 2.45) is 0 Å². The summed E-state index contributed by atoms with van der Waals surface area (Å²) in [6.07, 6.45) is 1.07. The summed E-state index contributed by atoms with van der Waals surface area (Å²) in [5, 5.41) is 3.69. The molecule has 2 aromatic rings. The van der Waals surface area contributed by atoms with Crippen LogP contribution in [0.3, 0.4) is 0 Å². The van der Waals surface area contributed by atoms with Crippen molar-refractivity contribution in [1.29, 1.82) is 0 Å². The maximum atomic E-state index is 3.69. The van der Waals surface area contributed by atoms with Gasteiger partial charge in [0, 0.05) is 12.2 Å². The lowest BCUT2D eigenvalue weighted by molar-refractivity contribution is 0.403. The second kappa shape index (κ2) is 7.11. The van der Waals surface area contributed by atoms with Crippen molar-refractivity contribution in [2.75, 3.05) is 19.4 Å². The Kier molecular flexibility index (Phi) is 5.19. The van der Waals surface area contributed by atoms with Crippen molar-refractivity contribution < 1.29 is 0 Å². The highest BCUT2D eigenvalue weighted by atomic mass is 15.1. The summed E-state index contributed by atoms with van der Waals surface area (Å²) >= 11 is 0. The van der Waals surface area contributed by atoms with E-state index < -0.39 is 0 Å². The fraction of sp³-hybridized carbons (Fsp3) is 0.333. The lowest BCUT2D eigenvalue weighted by atomic mass is 10.0. The molecule has 20 heavy (non-hydrogen) atoms. The topological polar surface area (TPSA) is 15.3 Å². The van der Waals surface area contributed by atoms with Crippen molar-refractivity contribution in [3.05, 3.63) is 65.7 Å². The number of benzene rings is 2. The number of para-hydroxylation sites is 1. The van der Waals surface area contributed by atoms with E-state index in [9.17, 15) is 0 Å². The monoisotopic (exact) mass is 268 g/mol. The maximum Gasteiger partial charge on any atom is 0.0511 e. The molecule has 0 fully saturated rings. The number of anilines is 1. The predicted octanol–water partition coefficient (Wildman–Crippen LogP) is 4.31. The molecule has 2 nitrogen and oxygen atoms in total. The van der Waals surface area contributed by atoms with Crippen molar-refractivity contribution in [2.45, 2.75) is 25.9 Å². The van der Waals surface area contributed by atoms with E-state index in [0.717, 1.165) is 13.0 Å². The molecule has 0 saturated heterocycles. The summed E-state index contributed by atoms with van der Waals surface area (Å²) in [7, 11) is 4.20. The molecule has 2 aromatic carbocycles. The van der Waals surface area contributed by atoms with Gasteiger partial charge >= 0.3 is 0 Å². The third kappa shape index (κ3) is 3.84. The van der Waals surface area contributed by atoms with Crippen molar-refractivity contribution >= 4 is 5.69 Å². The molecular weight excluding hydrogens is 244 g/mol. The largest absolute Gasteiger partial charge is 0.378 e. The maximum absolute atomic E-state index is 3.69. The molecule has 106 valence electrons. The van der Waals surface area contributed by atoms with Gasteiger partial charge in [0.15, 0.2) is 0 Å². The molecule has 1 N–H and O–H groups in total. The quantitative estimate of drug-likeness (QED) is 0.839. The lowest BCUT2D eigenvalue weighted by Gasteiger charge is -2.22. The number of nitrogens with zero attached hydrogens (tertiary/aromatic N) is 1. The Morgan fingerprint density at radius 3 is 2.25 bits per heavy atom. The van der Waals surface area contributed by atoms with Gasteiger partial charge in [-0.05, 0) is 37.7 Å². The van der Waals surface area contributed by atoms with Gasteiger partial charge in [0.05, 0.1) is 6.04 Å². The van der Waals surface area contributed by atoms with Crippen LogP contribution in [0, 0.1) is 0 Å². The normalized spacial score (nSPS) is 12.4. The first-order valence-electron chi connectivity index (χ1n) is 7.24. The first-order chi connectivity index (χ1) is 9.70. The number of hydrogen-bond acceptors (Lipinski definition) is 2. The van der Waals surface area contributed by atoms with E-state index in [4.69, 9.17) is 0 Å². The van der Waals surface area contributed by atoms with E-state index in [1.165, 1.54) is 16.8 Å². The predicted molar refractivity (Wildman–Crippen MR) is 86.9 cm³/mol. The molecule has 0 radical (unpaired) electrons. The second-order valence-corrected chi connectivity index (χ2v) is 5.41. The zero-order valence-corrected chi connectivity index (χ0v) is 12.6. The Hall–Kier alpha value is -1.80. The molecule has 0 heterocycles. The number of hydrogen-bond donors (Lipinski definition) is 1. The van der Waals surface area contributed by atoms with Crippen LogP contribution in [-0.4, -0.2) is 19.0 Å². The van der Waals surface area contributed by atoms with Crippen LogP contribution in [0.4, 0.5) is 5.69 Å². The fourth-order valence-corrected chi connectivity index (χ4v) is 2.43. The first kappa shape index (κ1) is 14.6. The highest BCUT2D eigenvalue weighted by molar-refractivity contribution is 5.52. The smallest absolute Gasteiger partial charge is 0.0511 e. The first-order valence-corrected chi connectivity index (χ1v) is 7.24. The Balaban J connectivity index is 2.20. The lowest BCUT2D eigenvalue weighted by Crippen LogP contribution is -2.15. The van der Waals surface area contributed by atoms with Crippen LogP contribution in [0.25, 0.3) is 0 Å². The van der Waals surface area contributed by atoms with Gasteiger partial charge in [-0.2, -0.15) is 0 Å². The van der Waals surface area contributed by atoms with Crippen LogP contribution in [0.1, 0.15) is 30.5 Å². The fourth-order valence-electron chi connectivity index (χ4n) is 2.43. The van der Waals surface area contributed by atoms with E-state index in [2.05, 4.69) is 85.8 Å². The van der Waals surface area contributed by atoms with Crippen LogP contribution in [0.2, 0.25) is 0 Å². The summed E-state index contributed by atoms with van der Waals surface area (Å²) in [4.78, 5) is 2.20. The van der Waals surface area contributed by atoms with Crippen molar-refractivity contribution in [3.8, 4) is 0 Å². The third-order valence-electron chi connectivity index (χ3n) is 3.44. The minimum absolute atomic E-state index is 0.361. The van der Waals surface area contributed by atoms with Crippen LogP contribution < -0.4 is 5.32 Å². The standard InChI is InChI=1S/C18H24N2/c1-4-17(15-10-6-5-7-11-15)19-18-13-9-8-12-16(18)14-20(2)3/h5-13,17,19H,4,14H2,1-3H3.